The number of nitrogens with zero attached hydrogens (tertiary/aromatic N) is 2. The molecular formula is C18H22N2O2S. The number of anilines is 1. The van der Waals surface area contributed by atoms with Gasteiger partial charge in [0.2, 0.25) is 10.0 Å². The summed E-state index contributed by atoms with van der Waals surface area (Å²) in [5.74, 6) is 0. The number of sulfonamides is 1. The Morgan fingerprint density at radius 3 is 2.57 bits per heavy atom. The Hall–Kier alpha value is -1.85. The Morgan fingerprint density at radius 1 is 1.13 bits per heavy atom. The van der Waals surface area contributed by atoms with Crippen LogP contribution < -0.4 is 4.90 Å². The van der Waals surface area contributed by atoms with Crippen LogP contribution in [0.15, 0.2) is 47.4 Å². The zero-order valence-corrected chi connectivity index (χ0v) is 14.6. The molecule has 122 valence electrons. The van der Waals surface area contributed by atoms with Crippen molar-refractivity contribution in [3.05, 3.63) is 59.2 Å². The molecule has 0 saturated carbocycles. The van der Waals surface area contributed by atoms with Gasteiger partial charge in [0.1, 0.15) is 0 Å². The van der Waals surface area contributed by atoms with Gasteiger partial charge in [0.15, 0.2) is 0 Å². The summed E-state index contributed by atoms with van der Waals surface area (Å²) in [6.45, 7) is 3.91. The lowest BCUT2D eigenvalue weighted by Crippen LogP contribution is -2.22. The van der Waals surface area contributed by atoms with E-state index in [-0.39, 0.29) is 0 Å². The highest BCUT2D eigenvalue weighted by atomic mass is 32.2. The molecule has 2 aromatic rings. The second-order valence-corrected chi connectivity index (χ2v) is 8.33. The molecule has 3 rings (SSSR count). The second-order valence-electron chi connectivity index (χ2n) is 6.18. The van der Waals surface area contributed by atoms with Crippen LogP contribution in [0.3, 0.4) is 0 Å². The standard InChI is InChI=1S/C18H22N2O2S/c1-14-6-4-5-7-16(14)13-20-11-10-15-12-17(8-9-18(15)20)23(21,22)19(2)3/h4-9,12H,10-11,13H2,1-3H3. The van der Waals surface area contributed by atoms with Gasteiger partial charge in [0.25, 0.3) is 0 Å². The summed E-state index contributed by atoms with van der Waals surface area (Å²) < 4.78 is 25.8. The van der Waals surface area contributed by atoms with Crippen LogP contribution in [0.4, 0.5) is 5.69 Å². The van der Waals surface area contributed by atoms with Gasteiger partial charge < -0.3 is 4.90 Å². The number of hydrogen-bond donors (Lipinski definition) is 0. The minimum absolute atomic E-state index is 0.374. The van der Waals surface area contributed by atoms with Crippen LogP contribution in [0.2, 0.25) is 0 Å². The first-order valence-corrected chi connectivity index (χ1v) is 9.18. The number of benzene rings is 2. The van der Waals surface area contributed by atoms with Crippen molar-refractivity contribution < 1.29 is 8.42 Å². The summed E-state index contributed by atoms with van der Waals surface area (Å²) >= 11 is 0. The Morgan fingerprint density at radius 2 is 1.87 bits per heavy atom. The van der Waals surface area contributed by atoms with Crippen molar-refractivity contribution >= 4 is 15.7 Å². The molecule has 1 aliphatic heterocycles. The maximum absolute atomic E-state index is 12.3. The van der Waals surface area contributed by atoms with Crippen LogP contribution >= 0.6 is 0 Å². The van der Waals surface area contributed by atoms with Crippen molar-refractivity contribution in [3.8, 4) is 0 Å². The predicted molar refractivity (Wildman–Crippen MR) is 93.2 cm³/mol. The Labute approximate surface area is 138 Å². The quantitative estimate of drug-likeness (QED) is 0.865. The van der Waals surface area contributed by atoms with Crippen LogP contribution in [-0.2, 0) is 23.0 Å². The molecule has 2 aromatic carbocycles. The van der Waals surface area contributed by atoms with Crippen LogP contribution in [0, 0.1) is 6.92 Å². The fourth-order valence-electron chi connectivity index (χ4n) is 2.98. The Balaban J connectivity index is 1.89. The topological polar surface area (TPSA) is 40.6 Å². The van der Waals surface area contributed by atoms with Gasteiger partial charge in [0.05, 0.1) is 4.90 Å². The molecule has 0 saturated heterocycles. The average molecular weight is 330 g/mol. The first kappa shape index (κ1) is 16.0. The van der Waals surface area contributed by atoms with Gasteiger partial charge in [-0.05, 0) is 48.2 Å². The smallest absolute Gasteiger partial charge is 0.242 e. The van der Waals surface area contributed by atoms with Gasteiger partial charge in [-0.15, -0.1) is 0 Å². The highest BCUT2D eigenvalue weighted by molar-refractivity contribution is 7.89. The summed E-state index contributed by atoms with van der Waals surface area (Å²) in [6, 6.07) is 13.9. The molecule has 4 nitrogen and oxygen atoms in total. The molecule has 0 spiro atoms. The molecule has 0 unspecified atom stereocenters. The normalized spacial score (nSPS) is 14.3. The van der Waals surface area contributed by atoms with Crippen molar-refractivity contribution in [1.82, 2.24) is 4.31 Å². The van der Waals surface area contributed by atoms with Crippen molar-refractivity contribution in [3.63, 3.8) is 0 Å². The second kappa shape index (κ2) is 5.98. The highest BCUT2D eigenvalue weighted by Gasteiger charge is 2.24. The lowest BCUT2D eigenvalue weighted by molar-refractivity contribution is 0.520. The van der Waals surface area contributed by atoms with Gasteiger partial charge >= 0.3 is 0 Å². The van der Waals surface area contributed by atoms with E-state index in [4.69, 9.17) is 0 Å². The van der Waals surface area contributed by atoms with E-state index >= 15 is 0 Å². The van der Waals surface area contributed by atoms with Gasteiger partial charge in [-0.1, -0.05) is 24.3 Å². The largest absolute Gasteiger partial charge is 0.367 e. The maximum atomic E-state index is 12.3. The average Bonchev–Trinajstić information content (AvgIpc) is 2.92. The summed E-state index contributed by atoms with van der Waals surface area (Å²) in [5, 5.41) is 0. The third-order valence-electron chi connectivity index (χ3n) is 4.44. The van der Waals surface area contributed by atoms with Crippen LogP contribution in [0.25, 0.3) is 0 Å². The zero-order chi connectivity index (χ0) is 16.6. The molecule has 0 aromatic heterocycles. The predicted octanol–water partition coefficient (Wildman–Crippen LogP) is 2.81. The van der Waals surface area contributed by atoms with Crippen molar-refractivity contribution in [1.29, 1.82) is 0 Å². The molecule has 0 bridgehead atoms. The Bertz CT molecular complexity index is 829. The summed E-state index contributed by atoms with van der Waals surface area (Å²) in [4.78, 5) is 2.70. The molecule has 0 N–H and O–H groups in total. The van der Waals surface area contributed by atoms with E-state index in [2.05, 4.69) is 36.1 Å². The van der Waals surface area contributed by atoms with Crippen LogP contribution in [0.1, 0.15) is 16.7 Å². The molecule has 1 heterocycles. The molecule has 0 fully saturated rings. The van der Waals surface area contributed by atoms with E-state index in [1.165, 1.54) is 15.4 Å². The fourth-order valence-corrected chi connectivity index (χ4v) is 3.93. The Kier molecular flexibility index (Phi) is 4.17. The number of hydrogen-bond acceptors (Lipinski definition) is 3. The third kappa shape index (κ3) is 2.99. The van der Waals surface area contributed by atoms with Crippen molar-refractivity contribution in [2.75, 3.05) is 25.5 Å². The van der Waals surface area contributed by atoms with Crippen LogP contribution in [-0.4, -0.2) is 33.4 Å². The number of fused-ring (bicyclic) bond motifs is 1. The number of rotatable bonds is 4. The van der Waals surface area contributed by atoms with E-state index in [0.717, 1.165) is 30.8 Å². The molecular weight excluding hydrogens is 308 g/mol. The highest BCUT2D eigenvalue weighted by Crippen LogP contribution is 2.32. The molecule has 23 heavy (non-hydrogen) atoms. The first-order valence-electron chi connectivity index (χ1n) is 7.74. The number of aryl methyl sites for hydroxylation is 1. The molecule has 5 heteroatoms. The van der Waals surface area contributed by atoms with E-state index in [0.29, 0.717) is 4.90 Å². The van der Waals surface area contributed by atoms with E-state index in [1.807, 2.05) is 12.1 Å². The van der Waals surface area contributed by atoms with Gasteiger partial charge in [-0.25, -0.2) is 12.7 Å². The molecule has 1 aliphatic rings. The van der Waals surface area contributed by atoms with Gasteiger partial charge in [-0.2, -0.15) is 0 Å². The van der Waals surface area contributed by atoms with E-state index < -0.39 is 10.0 Å². The summed E-state index contributed by atoms with van der Waals surface area (Å²) in [6.07, 6.45) is 0.887. The minimum atomic E-state index is -3.37. The molecule has 0 radical (unpaired) electrons. The molecule has 0 atom stereocenters. The van der Waals surface area contributed by atoms with E-state index in [1.54, 1.807) is 20.2 Å². The van der Waals surface area contributed by atoms with Gasteiger partial charge in [0, 0.05) is 32.9 Å². The maximum Gasteiger partial charge on any atom is 0.242 e. The van der Waals surface area contributed by atoms with Gasteiger partial charge in [-0.3, -0.25) is 0 Å². The lowest BCUT2D eigenvalue weighted by atomic mass is 10.1. The third-order valence-corrected chi connectivity index (χ3v) is 6.25. The van der Waals surface area contributed by atoms with Crippen molar-refractivity contribution in [2.45, 2.75) is 24.8 Å². The van der Waals surface area contributed by atoms with E-state index in [9.17, 15) is 8.42 Å². The molecule has 0 amide bonds. The first-order chi connectivity index (χ1) is 10.9. The summed E-state index contributed by atoms with van der Waals surface area (Å²) in [7, 11) is -0.242. The lowest BCUT2D eigenvalue weighted by Gasteiger charge is -2.21. The monoisotopic (exact) mass is 330 g/mol. The van der Waals surface area contributed by atoms with Crippen LogP contribution in [0.5, 0.6) is 0 Å². The zero-order valence-electron chi connectivity index (χ0n) is 13.8. The fraction of sp³-hybridized carbons (Fsp3) is 0.333. The minimum Gasteiger partial charge on any atom is -0.367 e. The molecule has 0 aliphatic carbocycles. The van der Waals surface area contributed by atoms with Crippen molar-refractivity contribution in [2.24, 2.45) is 0 Å². The summed E-state index contributed by atoms with van der Waals surface area (Å²) in [5.41, 5.74) is 4.85. The SMILES string of the molecule is Cc1ccccc1CN1CCc2cc(S(=O)(=O)N(C)C)ccc21.